The van der Waals surface area contributed by atoms with Crippen LogP contribution < -0.4 is 10.2 Å². The van der Waals surface area contributed by atoms with Crippen molar-refractivity contribution in [3.63, 3.8) is 0 Å². The van der Waals surface area contributed by atoms with Gasteiger partial charge in [-0.15, -0.1) is 0 Å². The Kier molecular flexibility index (Phi) is 4.58. The van der Waals surface area contributed by atoms with E-state index in [4.69, 9.17) is 0 Å². The molecule has 0 unspecified atom stereocenters. The second-order valence-corrected chi connectivity index (χ2v) is 6.69. The number of nitro groups is 1. The van der Waals surface area contributed by atoms with Crippen LogP contribution in [0.25, 0.3) is 10.8 Å². The zero-order valence-corrected chi connectivity index (χ0v) is 14.6. The van der Waals surface area contributed by atoms with E-state index in [1.165, 1.54) is 12.1 Å². The lowest BCUT2D eigenvalue weighted by Crippen LogP contribution is -2.39. The van der Waals surface area contributed by atoms with E-state index in [-0.39, 0.29) is 16.4 Å². The third-order valence-electron chi connectivity index (χ3n) is 5.02. The summed E-state index contributed by atoms with van der Waals surface area (Å²) in [7, 11) is 0. The molecule has 0 spiro atoms. The third-order valence-corrected chi connectivity index (χ3v) is 5.02. The van der Waals surface area contributed by atoms with Crippen molar-refractivity contribution in [2.24, 2.45) is 0 Å². The highest BCUT2D eigenvalue weighted by atomic mass is 19.1. The predicted molar refractivity (Wildman–Crippen MR) is 104 cm³/mol. The van der Waals surface area contributed by atoms with Gasteiger partial charge in [0.2, 0.25) is 0 Å². The lowest BCUT2D eigenvalue weighted by Gasteiger charge is -2.35. The van der Waals surface area contributed by atoms with Crippen LogP contribution in [0.2, 0.25) is 0 Å². The summed E-state index contributed by atoms with van der Waals surface area (Å²) in [6.07, 6.45) is 5.08. The molecule has 2 heterocycles. The second-order valence-electron chi connectivity index (χ2n) is 6.69. The van der Waals surface area contributed by atoms with E-state index in [2.05, 4.69) is 15.2 Å². The topological polar surface area (TPSA) is 71.3 Å². The smallest absolute Gasteiger partial charge is 0.278 e. The Balaban J connectivity index is 1.50. The number of benzene rings is 2. The Morgan fingerprint density at radius 2 is 1.81 bits per heavy atom. The molecule has 0 radical (unpaired) electrons. The third kappa shape index (κ3) is 3.53. The van der Waals surface area contributed by atoms with E-state index >= 15 is 0 Å². The molecule has 1 aliphatic heterocycles. The molecule has 0 saturated carbocycles. The number of rotatable bonds is 4. The Bertz CT molecular complexity index is 969. The highest BCUT2D eigenvalue weighted by Crippen LogP contribution is 2.34. The molecule has 138 valence electrons. The molecule has 1 fully saturated rings. The van der Waals surface area contributed by atoms with E-state index in [1.54, 1.807) is 30.6 Å². The maximum absolute atomic E-state index is 13.0. The van der Waals surface area contributed by atoms with Gasteiger partial charge in [0, 0.05) is 54.4 Å². The Morgan fingerprint density at radius 3 is 2.52 bits per heavy atom. The van der Waals surface area contributed by atoms with Crippen LogP contribution in [0.1, 0.15) is 12.8 Å². The van der Waals surface area contributed by atoms with Gasteiger partial charge in [0.05, 0.1) is 10.3 Å². The number of hydrogen-bond acceptors (Lipinski definition) is 5. The lowest BCUT2D eigenvalue weighted by molar-refractivity contribution is -0.383. The summed E-state index contributed by atoms with van der Waals surface area (Å²) in [6.45, 7) is 1.68. The molecule has 7 heteroatoms. The van der Waals surface area contributed by atoms with E-state index in [9.17, 15) is 14.5 Å². The quantitative estimate of drug-likeness (QED) is 0.549. The highest BCUT2D eigenvalue weighted by Gasteiger charge is 2.22. The van der Waals surface area contributed by atoms with Crippen LogP contribution in [0, 0.1) is 15.9 Å². The van der Waals surface area contributed by atoms with Crippen molar-refractivity contribution in [2.75, 3.05) is 23.3 Å². The van der Waals surface area contributed by atoms with Crippen molar-refractivity contribution in [1.82, 2.24) is 4.98 Å². The maximum Gasteiger partial charge on any atom is 0.278 e. The second kappa shape index (κ2) is 7.19. The summed E-state index contributed by atoms with van der Waals surface area (Å²) in [4.78, 5) is 17.2. The van der Waals surface area contributed by atoms with Crippen LogP contribution in [0.4, 0.5) is 21.5 Å². The number of fused-ring (bicyclic) bond motifs is 1. The molecule has 1 saturated heterocycles. The summed E-state index contributed by atoms with van der Waals surface area (Å²) in [5.74, 6) is -0.241. The summed E-state index contributed by atoms with van der Waals surface area (Å²) < 4.78 is 13.0. The SMILES string of the molecule is O=[N+]([O-])c1ccc(N2CCC(Nc3ccc(F)cc3)CC2)c2ccncc12. The fourth-order valence-corrected chi connectivity index (χ4v) is 3.64. The predicted octanol–water partition coefficient (Wildman–Crippen LogP) is 4.36. The van der Waals surface area contributed by atoms with E-state index in [1.807, 2.05) is 12.1 Å². The van der Waals surface area contributed by atoms with Gasteiger partial charge in [0.1, 0.15) is 5.82 Å². The number of anilines is 2. The average Bonchev–Trinajstić information content (AvgIpc) is 2.69. The van der Waals surface area contributed by atoms with Gasteiger partial charge in [-0.05, 0) is 49.2 Å². The van der Waals surface area contributed by atoms with Crippen molar-refractivity contribution in [3.05, 3.63) is 70.8 Å². The molecule has 0 amide bonds. The number of hydrogen-bond donors (Lipinski definition) is 1. The Morgan fingerprint density at radius 1 is 1.07 bits per heavy atom. The number of halogens is 1. The lowest BCUT2D eigenvalue weighted by atomic mass is 10.0. The van der Waals surface area contributed by atoms with Crippen molar-refractivity contribution >= 4 is 27.8 Å². The number of non-ortho nitro benzene ring substituents is 1. The van der Waals surface area contributed by atoms with Crippen molar-refractivity contribution in [1.29, 1.82) is 0 Å². The maximum atomic E-state index is 13.0. The van der Waals surface area contributed by atoms with Gasteiger partial charge in [-0.3, -0.25) is 15.1 Å². The standard InChI is InChI=1S/C20H19FN4O2/c21-14-1-3-15(4-2-14)23-16-8-11-24(12-9-16)19-5-6-20(25(26)27)18-13-22-10-7-17(18)19/h1-7,10,13,16,23H,8-9,11-12H2. The van der Waals surface area contributed by atoms with Crippen LogP contribution in [-0.4, -0.2) is 29.0 Å². The van der Waals surface area contributed by atoms with E-state index < -0.39 is 0 Å². The molecule has 6 nitrogen and oxygen atoms in total. The van der Waals surface area contributed by atoms with E-state index in [0.717, 1.165) is 42.7 Å². The molecular formula is C20H19FN4O2. The molecule has 1 N–H and O–H groups in total. The first kappa shape index (κ1) is 17.2. The zero-order chi connectivity index (χ0) is 18.8. The molecule has 1 aromatic heterocycles. The molecule has 3 aromatic rings. The normalized spacial score (nSPS) is 15.1. The van der Waals surface area contributed by atoms with Crippen molar-refractivity contribution in [2.45, 2.75) is 18.9 Å². The van der Waals surface area contributed by atoms with Gasteiger partial charge in [-0.2, -0.15) is 0 Å². The summed E-state index contributed by atoms with van der Waals surface area (Å²) >= 11 is 0. The van der Waals surface area contributed by atoms with Gasteiger partial charge in [-0.25, -0.2) is 4.39 Å². The Hall–Kier alpha value is -3.22. The highest BCUT2D eigenvalue weighted by molar-refractivity contribution is 5.99. The molecule has 2 aromatic carbocycles. The molecular weight excluding hydrogens is 347 g/mol. The fraction of sp³-hybridized carbons (Fsp3) is 0.250. The minimum absolute atomic E-state index is 0.0784. The number of pyridine rings is 1. The molecule has 0 aliphatic carbocycles. The van der Waals surface area contributed by atoms with Crippen LogP contribution in [0.5, 0.6) is 0 Å². The van der Waals surface area contributed by atoms with Gasteiger partial charge in [-0.1, -0.05) is 0 Å². The first-order valence-electron chi connectivity index (χ1n) is 8.90. The molecule has 0 atom stereocenters. The molecule has 27 heavy (non-hydrogen) atoms. The van der Waals surface area contributed by atoms with Crippen molar-refractivity contribution in [3.8, 4) is 0 Å². The summed E-state index contributed by atoms with van der Waals surface area (Å²) in [6, 6.07) is 11.9. The van der Waals surface area contributed by atoms with Crippen LogP contribution in [-0.2, 0) is 0 Å². The van der Waals surface area contributed by atoms with Gasteiger partial charge in [0.15, 0.2) is 0 Å². The first-order chi connectivity index (χ1) is 13.1. The summed E-state index contributed by atoms with van der Waals surface area (Å²) in [5, 5.41) is 16.1. The van der Waals surface area contributed by atoms with Crippen molar-refractivity contribution < 1.29 is 9.31 Å². The fourth-order valence-electron chi connectivity index (χ4n) is 3.64. The molecule has 1 aliphatic rings. The van der Waals surface area contributed by atoms with Gasteiger partial charge in [0.25, 0.3) is 5.69 Å². The first-order valence-corrected chi connectivity index (χ1v) is 8.90. The number of aromatic nitrogens is 1. The Labute approximate surface area is 155 Å². The molecule has 4 rings (SSSR count). The van der Waals surface area contributed by atoms with E-state index in [0.29, 0.717) is 11.4 Å². The van der Waals surface area contributed by atoms with Gasteiger partial charge < -0.3 is 10.2 Å². The number of nitrogens with zero attached hydrogens (tertiary/aromatic N) is 3. The van der Waals surface area contributed by atoms with Crippen LogP contribution >= 0.6 is 0 Å². The largest absolute Gasteiger partial charge is 0.382 e. The average molecular weight is 366 g/mol. The minimum Gasteiger partial charge on any atom is -0.382 e. The zero-order valence-electron chi connectivity index (χ0n) is 14.6. The molecule has 0 bridgehead atoms. The number of piperidine rings is 1. The monoisotopic (exact) mass is 366 g/mol. The number of nitro benzene ring substituents is 1. The van der Waals surface area contributed by atoms with Gasteiger partial charge >= 0.3 is 0 Å². The number of nitrogens with one attached hydrogen (secondary N) is 1. The van der Waals surface area contributed by atoms with Crippen LogP contribution in [0.3, 0.4) is 0 Å². The summed E-state index contributed by atoms with van der Waals surface area (Å²) in [5.41, 5.74) is 2.00. The van der Waals surface area contributed by atoms with Crippen LogP contribution in [0.15, 0.2) is 54.9 Å². The minimum atomic E-state index is -0.368.